The minimum atomic E-state index is -4.58. The molecule has 0 aliphatic carbocycles. The fourth-order valence-corrected chi connectivity index (χ4v) is 5.34. The maximum atomic E-state index is 14.1. The van der Waals surface area contributed by atoms with Crippen molar-refractivity contribution in [3.8, 4) is 5.75 Å². The number of benzene rings is 2. The Labute approximate surface area is 186 Å². The summed E-state index contributed by atoms with van der Waals surface area (Å²) in [6.45, 7) is 4.67. The number of quaternary nitrogens is 1. The van der Waals surface area contributed by atoms with E-state index in [0.29, 0.717) is 15.9 Å². The number of halogens is 3. The van der Waals surface area contributed by atoms with Gasteiger partial charge in [-0.3, -0.25) is 9.28 Å². The van der Waals surface area contributed by atoms with Gasteiger partial charge in [-0.1, -0.05) is 0 Å². The molecule has 0 bridgehead atoms. The second-order valence-electron chi connectivity index (χ2n) is 8.70. The van der Waals surface area contributed by atoms with Crippen LogP contribution in [0.15, 0.2) is 42.5 Å². The van der Waals surface area contributed by atoms with Crippen LogP contribution in [0, 0.1) is 0 Å². The van der Waals surface area contributed by atoms with Crippen molar-refractivity contribution in [1.29, 1.82) is 0 Å². The molecule has 2 aliphatic rings. The van der Waals surface area contributed by atoms with E-state index in [9.17, 15) is 18.0 Å². The normalized spacial score (nSPS) is 25.7. The van der Waals surface area contributed by atoms with Crippen molar-refractivity contribution < 1.29 is 22.7 Å². The van der Waals surface area contributed by atoms with Crippen molar-refractivity contribution in [1.82, 2.24) is 9.80 Å². The van der Waals surface area contributed by atoms with Crippen molar-refractivity contribution in [2.45, 2.75) is 44.4 Å². The van der Waals surface area contributed by atoms with Gasteiger partial charge in [-0.25, -0.2) is 0 Å². The Hall–Kier alpha value is -2.58. The first kappa shape index (κ1) is 22.6. The topological polar surface area (TPSA) is 50.4 Å². The molecule has 0 spiro atoms. The van der Waals surface area contributed by atoms with E-state index in [-0.39, 0.29) is 23.3 Å². The maximum Gasteiger partial charge on any atom is 0.418 e. The number of amides is 1. The monoisotopic (exact) mass is 448 g/mol. The lowest BCUT2D eigenvalue weighted by molar-refractivity contribution is -0.137. The molecule has 2 aliphatic heterocycles. The van der Waals surface area contributed by atoms with Crippen LogP contribution < -0.4 is 19.9 Å². The minimum absolute atomic E-state index is 0.225. The van der Waals surface area contributed by atoms with Crippen LogP contribution in [-0.4, -0.2) is 44.7 Å². The van der Waals surface area contributed by atoms with E-state index in [1.807, 2.05) is 0 Å². The highest BCUT2D eigenvalue weighted by atomic mass is 19.4. The number of anilines is 1. The van der Waals surface area contributed by atoms with Gasteiger partial charge in [-0.2, -0.15) is 13.2 Å². The van der Waals surface area contributed by atoms with Crippen molar-refractivity contribution in [3.63, 3.8) is 0 Å². The molecule has 0 aromatic heterocycles. The van der Waals surface area contributed by atoms with Crippen LogP contribution in [-0.2, 0) is 6.18 Å². The molecule has 2 heterocycles. The first-order valence-corrected chi connectivity index (χ1v) is 11.0. The molecule has 3 atom stereocenters. The van der Waals surface area contributed by atoms with Gasteiger partial charge in [0.25, 0.3) is 5.91 Å². The van der Waals surface area contributed by atoms with Crippen LogP contribution in [0.3, 0.4) is 0 Å². The highest BCUT2D eigenvalue weighted by molar-refractivity contribution is 6.04. The molecule has 2 aromatic carbocycles. The minimum Gasteiger partial charge on any atom is -0.497 e. The molecule has 2 saturated heterocycles. The van der Waals surface area contributed by atoms with Crippen LogP contribution in [0.2, 0.25) is 0 Å². The first-order chi connectivity index (χ1) is 15.3. The molecule has 3 unspecified atom stereocenters. The number of hydrogen-bond donors (Lipinski definition) is 2. The van der Waals surface area contributed by atoms with E-state index in [0.717, 1.165) is 38.9 Å². The maximum absolute atomic E-state index is 14.1. The molecular formula is C24H29F3N3O2+. The second kappa shape index (κ2) is 8.75. The Morgan fingerprint density at radius 1 is 1.16 bits per heavy atom. The number of likely N-dealkylation sites (tertiary alicyclic amines) is 1. The zero-order valence-electron chi connectivity index (χ0n) is 18.3. The molecular weight excluding hydrogens is 419 g/mol. The molecule has 172 valence electrons. The number of nitrogens with one attached hydrogen (secondary N) is 2. The number of alkyl halides is 3. The Bertz CT molecular complexity index is 971. The number of ether oxygens (including phenoxy) is 1. The predicted molar refractivity (Wildman–Crippen MR) is 119 cm³/mol. The molecule has 2 aromatic rings. The van der Waals surface area contributed by atoms with Gasteiger partial charge in [0.2, 0.25) is 0 Å². The number of methoxy groups -OCH3 is 1. The fourth-order valence-electron chi connectivity index (χ4n) is 5.34. The Balaban J connectivity index is 1.69. The van der Waals surface area contributed by atoms with Crippen molar-refractivity contribution in [2.24, 2.45) is 0 Å². The van der Waals surface area contributed by atoms with Gasteiger partial charge >= 0.3 is 6.18 Å². The average Bonchev–Trinajstić information content (AvgIpc) is 3.44. The summed E-state index contributed by atoms with van der Waals surface area (Å²) < 4.78 is 47.9. The number of rotatable bonds is 5. The van der Waals surface area contributed by atoms with Crippen LogP contribution in [0.1, 0.15) is 42.1 Å². The summed E-state index contributed by atoms with van der Waals surface area (Å²) in [7, 11) is 1.50. The lowest BCUT2D eigenvalue weighted by atomic mass is 10.0. The van der Waals surface area contributed by atoms with Crippen LogP contribution in [0.4, 0.5) is 24.5 Å². The van der Waals surface area contributed by atoms with Crippen molar-refractivity contribution in [3.05, 3.63) is 53.6 Å². The second-order valence-corrected chi connectivity index (χ2v) is 8.70. The van der Waals surface area contributed by atoms with E-state index < -0.39 is 17.6 Å². The van der Waals surface area contributed by atoms with Gasteiger partial charge in [0.1, 0.15) is 17.5 Å². The van der Waals surface area contributed by atoms with Crippen LogP contribution >= 0.6 is 0 Å². The fraction of sp³-hybridized carbons (Fsp3) is 0.458. The summed E-state index contributed by atoms with van der Waals surface area (Å²) in [5.41, 5.74) is -0.0915. The zero-order chi connectivity index (χ0) is 22.9. The Kier molecular flexibility index (Phi) is 6.18. The summed E-state index contributed by atoms with van der Waals surface area (Å²) in [5, 5.41) is 5.83. The predicted octanol–water partition coefficient (Wildman–Crippen LogP) is 4.82. The molecule has 1 amide bonds. The quantitative estimate of drug-likeness (QED) is 0.645. The van der Waals surface area contributed by atoms with E-state index in [2.05, 4.69) is 17.6 Å². The molecule has 4 rings (SSSR count). The van der Waals surface area contributed by atoms with Gasteiger partial charge in [0, 0.05) is 50.0 Å². The standard InChI is InChI=1S/C24H28F3N3O2/c1-16-4-3-13-30(16,19-11-12-28-15-19)18-7-10-22(21(14-18)24(25,26)27)29-23(31)17-5-8-20(32-2)9-6-17/h5-10,14,16,19,28H,3-4,11-13,15H2,1-2H3/p+1. The summed E-state index contributed by atoms with van der Waals surface area (Å²) in [6, 6.07) is 11.2. The van der Waals surface area contributed by atoms with Crippen molar-refractivity contribution in [2.75, 3.05) is 32.1 Å². The average molecular weight is 449 g/mol. The number of carbonyl (C=O) groups excluding carboxylic acids is 1. The highest BCUT2D eigenvalue weighted by Gasteiger charge is 2.49. The van der Waals surface area contributed by atoms with E-state index in [1.54, 1.807) is 18.2 Å². The SMILES string of the molecule is COc1ccc(C(=O)Nc2ccc([N+]3(C4CCNC4)CCCC3C)cc2C(F)(F)F)cc1. The molecule has 2 N–H and O–H groups in total. The van der Waals surface area contributed by atoms with Crippen LogP contribution in [0.5, 0.6) is 5.75 Å². The molecule has 32 heavy (non-hydrogen) atoms. The van der Waals surface area contributed by atoms with Gasteiger partial charge in [-0.05, 0) is 37.3 Å². The lowest BCUT2D eigenvalue weighted by Gasteiger charge is -2.43. The molecule has 2 fully saturated rings. The molecule has 5 nitrogen and oxygen atoms in total. The zero-order valence-corrected chi connectivity index (χ0v) is 18.3. The Morgan fingerprint density at radius 2 is 1.91 bits per heavy atom. The highest BCUT2D eigenvalue weighted by Crippen LogP contribution is 2.44. The molecule has 8 heteroatoms. The van der Waals surface area contributed by atoms with E-state index >= 15 is 0 Å². The third-order valence-electron chi connectivity index (χ3n) is 7.01. The lowest BCUT2D eigenvalue weighted by Crippen LogP contribution is -2.59. The number of nitrogens with zero attached hydrogens (tertiary/aromatic N) is 1. The van der Waals surface area contributed by atoms with Gasteiger partial charge in [-0.15, -0.1) is 0 Å². The molecule has 0 saturated carbocycles. The molecule has 0 radical (unpaired) electrons. The number of hydrogen-bond acceptors (Lipinski definition) is 3. The summed E-state index contributed by atoms with van der Waals surface area (Å²) >= 11 is 0. The van der Waals surface area contributed by atoms with Gasteiger partial charge < -0.3 is 15.4 Å². The third kappa shape index (κ3) is 4.09. The number of carbonyl (C=O) groups is 1. The summed E-state index contributed by atoms with van der Waals surface area (Å²) in [5.74, 6) is -0.0265. The summed E-state index contributed by atoms with van der Waals surface area (Å²) in [6.07, 6.45) is -1.65. The van der Waals surface area contributed by atoms with Crippen LogP contribution in [0.25, 0.3) is 0 Å². The smallest absolute Gasteiger partial charge is 0.418 e. The summed E-state index contributed by atoms with van der Waals surface area (Å²) in [4.78, 5) is 12.6. The Morgan fingerprint density at radius 3 is 2.47 bits per heavy atom. The van der Waals surface area contributed by atoms with Gasteiger partial charge in [0.15, 0.2) is 0 Å². The third-order valence-corrected chi connectivity index (χ3v) is 7.01. The van der Waals surface area contributed by atoms with E-state index in [4.69, 9.17) is 4.74 Å². The van der Waals surface area contributed by atoms with Crippen molar-refractivity contribution >= 4 is 17.3 Å². The largest absolute Gasteiger partial charge is 0.497 e. The van der Waals surface area contributed by atoms with Gasteiger partial charge in [0.05, 0.1) is 30.9 Å². The van der Waals surface area contributed by atoms with E-state index in [1.165, 1.54) is 31.4 Å². The first-order valence-electron chi connectivity index (χ1n) is 11.0.